The summed E-state index contributed by atoms with van der Waals surface area (Å²) in [6, 6.07) is 18.0. The van der Waals surface area contributed by atoms with Crippen LogP contribution in [-0.2, 0) is 6.42 Å². The van der Waals surface area contributed by atoms with Crippen molar-refractivity contribution < 1.29 is 5.21 Å². The van der Waals surface area contributed by atoms with Crippen LogP contribution in [0, 0.1) is 0 Å². The summed E-state index contributed by atoms with van der Waals surface area (Å²) < 4.78 is 0. The normalized spacial score (nSPS) is 9.93. The Morgan fingerprint density at radius 1 is 0.867 bits per heavy atom. The van der Waals surface area contributed by atoms with Crippen LogP contribution < -0.4 is 5.48 Å². The van der Waals surface area contributed by atoms with Gasteiger partial charge < -0.3 is 0 Å². The van der Waals surface area contributed by atoms with Gasteiger partial charge in [0, 0.05) is 0 Å². The summed E-state index contributed by atoms with van der Waals surface area (Å²) in [5.41, 5.74) is 5.33. The Bertz CT molecular complexity index is 426. The van der Waals surface area contributed by atoms with Crippen LogP contribution in [0.25, 0.3) is 0 Å². The molecule has 0 aliphatic heterocycles. The summed E-state index contributed by atoms with van der Waals surface area (Å²) in [6.07, 6.45) is 0.885. The van der Waals surface area contributed by atoms with Crippen LogP contribution in [0.2, 0.25) is 0 Å². The lowest BCUT2D eigenvalue weighted by molar-refractivity contribution is 0.389. The van der Waals surface area contributed by atoms with E-state index in [1.807, 2.05) is 42.5 Å². The van der Waals surface area contributed by atoms with Crippen molar-refractivity contribution in [2.75, 3.05) is 5.48 Å². The van der Waals surface area contributed by atoms with Crippen LogP contribution >= 0.6 is 0 Å². The smallest absolute Gasteiger partial charge is 0.0604 e. The highest BCUT2D eigenvalue weighted by Crippen LogP contribution is 2.13. The molecular formula is C13H13NO. The maximum Gasteiger partial charge on any atom is 0.0604 e. The van der Waals surface area contributed by atoms with E-state index in [4.69, 9.17) is 5.21 Å². The molecule has 0 atom stereocenters. The fourth-order valence-electron chi connectivity index (χ4n) is 1.58. The van der Waals surface area contributed by atoms with Crippen LogP contribution in [-0.4, -0.2) is 5.21 Å². The second-order valence-corrected chi connectivity index (χ2v) is 3.47. The first-order valence-corrected chi connectivity index (χ1v) is 4.91. The molecule has 0 heterocycles. The van der Waals surface area contributed by atoms with Crippen molar-refractivity contribution in [1.82, 2.24) is 0 Å². The molecule has 0 amide bonds. The lowest BCUT2D eigenvalue weighted by atomic mass is 10.0. The van der Waals surface area contributed by atoms with Gasteiger partial charge in [-0.15, -0.1) is 0 Å². The molecule has 2 heteroatoms. The SMILES string of the molecule is ONc1cccc(Cc2ccccc2)c1. The maximum absolute atomic E-state index is 8.78. The first-order valence-electron chi connectivity index (χ1n) is 4.91. The predicted molar refractivity (Wildman–Crippen MR) is 61.1 cm³/mol. The summed E-state index contributed by atoms with van der Waals surface area (Å²) >= 11 is 0. The molecule has 0 aromatic heterocycles. The van der Waals surface area contributed by atoms with Crippen molar-refractivity contribution in [2.45, 2.75) is 6.42 Å². The van der Waals surface area contributed by atoms with Crippen LogP contribution in [0.1, 0.15) is 11.1 Å². The lowest BCUT2D eigenvalue weighted by Gasteiger charge is -2.04. The van der Waals surface area contributed by atoms with Crippen molar-refractivity contribution in [1.29, 1.82) is 0 Å². The Balaban J connectivity index is 2.17. The molecule has 0 fully saturated rings. The number of rotatable bonds is 3. The molecule has 2 nitrogen and oxygen atoms in total. The maximum atomic E-state index is 8.78. The first kappa shape index (κ1) is 9.74. The van der Waals surface area contributed by atoms with Crippen molar-refractivity contribution >= 4 is 5.69 Å². The molecule has 2 N–H and O–H groups in total. The topological polar surface area (TPSA) is 32.3 Å². The summed E-state index contributed by atoms with van der Waals surface area (Å²) in [4.78, 5) is 0. The zero-order valence-corrected chi connectivity index (χ0v) is 8.35. The van der Waals surface area contributed by atoms with Gasteiger partial charge in [-0.05, 0) is 29.7 Å². The van der Waals surface area contributed by atoms with E-state index < -0.39 is 0 Å². The van der Waals surface area contributed by atoms with Crippen molar-refractivity contribution in [3.05, 3.63) is 65.7 Å². The van der Waals surface area contributed by atoms with Crippen LogP contribution in [0.4, 0.5) is 5.69 Å². The van der Waals surface area contributed by atoms with Gasteiger partial charge in [-0.3, -0.25) is 10.7 Å². The second-order valence-electron chi connectivity index (χ2n) is 3.47. The van der Waals surface area contributed by atoms with E-state index in [-0.39, 0.29) is 0 Å². The minimum Gasteiger partial charge on any atom is -0.291 e. The summed E-state index contributed by atoms with van der Waals surface area (Å²) in [7, 11) is 0. The Morgan fingerprint density at radius 3 is 2.33 bits per heavy atom. The van der Waals surface area contributed by atoms with Gasteiger partial charge in [0.25, 0.3) is 0 Å². The number of nitrogens with one attached hydrogen (secondary N) is 1. The van der Waals surface area contributed by atoms with E-state index in [1.54, 1.807) is 0 Å². The van der Waals surface area contributed by atoms with Crippen molar-refractivity contribution in [3.63, 3.8) is 0 Å². The highest BCUT2D eigenvalue weighted by Gasteiger charge is 1.96. The first-order chi connectivity index (χ1) is 7.38. The minimum atomic E-state index is 0.725. The zero-order chi connectivity index (χ0) is 10.5. The molecule has 0 spiro atoms. The number of benzene rings is 2. The van der Waals surface area contributed by atoms with E-state index in [2.05, 4.69) is 17.6 Å². The third-order valence-corrected chi connectivity index (χ3v) is 2.31. The van der Waals surface area contributed by atoms with Gasteiger partial charge >= 0.3 is 0 Å². The molecule has 2 rings (SSSR count). The fourth-order valence-corrected chi connectivity index (χ4v) is 1.58. The van der Waals surface area contributed by atoms with E-state index in [0.29, 0.717) is 0 Å². The number of hydrogen-bond donors (Lipinski definition) is 2. The van der Waals surface area contributed by atoms with Crippen LogP contribution in [0.15, 0.2) is 54.6 Å². The molecule has 0 aliphatic rings. The standard InChI is InChI=1S/C13H13NO/c15-14-13-8-4-7-12(10-13)9-11-5-2-1-3-6-11/h1-8,10,14-15H,9H2. The van der Waals surface area contributed by atoms with E-state index in [9.17, 15) is 0 Å². The van der Waals surface area contributed by atoms with Gasteiger partial charge in [-0.1, -0.05) is 42.5 Å². The Morgan fingerprint density at radius 2 is 1.60 bits per heavy atom. The molecule has 0 saturated carbocycles. The molecule has 0 unspecified atom stereocenters. The van der Waals surface area contributed by atoms with Gasteiger partial charge in [-0.25, -0.2) is 0 Å². The molecule has 2 aromatic carbocycles. The summed E-state index contributed by atoms with van der Waals surface area (Å²) in [6.45, 7) is 0. The van der Waals surface area contributed by atoms with Gasteiger partial charge in [0.2, 0.25) is 0 Å². The lowest BCUT2D eigenvalue weighted by Crippen LogP contribution is -1.92. The van der Waals surface area contributed by atoms with Gasteiger partial charge in [-0.2, -0.15) is 0 Å². The van der Waals surface area contributed by atoms with E-state index >= 15 is 0 Å². The highest BCUT2D eigenvalue weighted by atomic mass is 16.5. The number of anilines is 1. The molecule has 0 bridgehead atoms. The molecule has 76 valence electrons. The monoisotopic (exact) mass is 199 g/mol. The van der Waals surface area contributed by atoms with Crippen molar-refractivity contribution in [2.24, 2.45) is 0 Å². The van der Waals surface area contributed by atoms with Crippen molar-refractivity contribution in [3.8, 4) is 0 Å². The average Bonchev–Trinajstić information content (AvgIpc) is 2.31. The zero-order valence-electron chi connectivity index (χ0n) is 8.35. The molecular weight excluding hydrogens is 186 g/mol. The predicted octanol–water partition coefficient (Wildman–Crippen LogP) is 3.08. The Kier molecular flexibility index (Phi) is 3.00. The van der Waals surface area contributed by atoms with Gasteiger partial charge in [0.1, 0.15) is 0 Å². The summed E-state index contributed by atoms with van der Waals surface area (Å²) in [5.74, 6) is 0. The molecule has 2 aromatic rings. The third kappa shape index (κ3) is 2.58. The quantitative estimate of drug-likeness (QED) is 0.744. The summed E-state index contributed by atoms with van der Waals surface area (Å²) in [5, 5.41) is 8.78. The van der Waals surface area contributed by atoms with Crippen LogP contribution in [0.5, 0.6) is 0 Å². The third-order valence-electron chi connectivity index (χ3n) is 2.31. The molecule has 0 saturated heterocycles. The Hall–Kier alpha value is -1.80. The van der Waals surface area contributed by atoms with Gasteiger partial charge in [0.15, 0.2) is 0 Å². The Labute approximate surface area is 89.2 Å². The highest BCUT2D eigenvalue weighted by molar-refractivity contribution is 5.44. The fraction of sp³-hybridized carbons (Fsp3) is 0.0769. The molecule has 0 radical (unpaired) electrons. The molecule has 15 heavy (non-hydrogen) atoms. The van der Waals surface area contributed by atoms with E-state index in [1.165, 1.54) is 11.1 Å². The minimum absolute atomic E-state index is 0.725. The largest absolute Gasteiger partial charge is 0.291 e. The average molecular weight is 199 g/mol. The number of hydrogen-bond acceptors (Lipinski definition) is 2. The van der Waals surface area contributed by atoms with E-state index in [0.717, 1.165) is 12.1 Å². The van der Waals surface area contributed by atoms with Gasteiger partial charge in [0.05, 0.1) is 5.69 Å². The second kappa shape index (κ2) is 4.62. The van der Waals surface area contributed by atoms with Crippen LogP contribution in [0.3, 0.4) is 0 Å². The molecule has 0 aliphatic carbocycles.